The monoisotopic (exact) mass is 285 g/mol. The van der Waals surface area contributed by atoms with Crippen LogP contribution in [0.4, 0.5) is 0 Å². The fourth-order valence-corrected chi connectivity index (χ4v) is 2.69. The Morgan fingerprint density at radius 3 is 2.20 bits per heavy atom. The number of carbonyl (C=O) groups excluding carboxylic acids is 1. The highest BCUT2D eigenvalue weighted by molar-refractivity contribution is 5.75. The summed E-state index contributed by atoms with van der Waals surface area (Å²) >= 11 is 0. The van der Waals surface area contributed by atoms with Crippen LogP contribution in [0.3, 0.4) is 0 Å². The van der Waals surface area contributed by atoms with Gasteiger partial charge < -0.3 is 16.0 Å². The number of likely N-dealkylation sites (N-methyl/N-ethyl adjacent to an activating group) is 1. The Bertz CT molecular complexity index is 240. The van der Waals surface area contributed by atoms with Gasteiger partial charge in [0.2, 0.25) is 5.91 Å². The summed E-state index contributed by atoms with van der Waals surface area (Å²) in [5.74, 6) is 0.838. The van der Waals surface area contributed by atoms with Crippen molar-refractivity contribution in [2.45, 2.75) is 64.8 Å². The van der Waals surface area contributed by atoms with E-state index in [1.165, 1.54) is 0 Å². The van der Waals surface area contributed by atoms with Crippen molar-refractivity contribution in [2.75, 3.05) is 27.2 Å². The molecule has 0 aliphatic rings. The van der Waals surface area contributed by atoms with Crippen molar-refractivity contribution >= 4 is 5.91 Å². The quantitative estimate of drug-likeness (QED) is 0.541. The summed E-state index contributed by atoms with van der Waals surface area (Å²) in [4.78, 5) is 14.1. The van der Waals surface area contributed by atoms with E-state index in [1.807, 2.05) is 0 Å². The molecule has 0 rings (SSSR count). The summed E-state index contributed by atoms with van der Waals surface area (Å²) in [6.07, 6.45) is 7.25. The third-order valence-electron chi connectivity index (χ3n) is 4.12. The molecular formula is C16H35N3O. The average Bonchev–Trinajstić information content (AvgIpc) is 2.42. The molecule has 0 radical (unpaired) electrons. The number of unbranched alkanes of at least 4 members (excludes halogenated alkanes) is 3. The number of hydrogen-bond donors (Lipinski definition) is 2. The van der Waals surface area contributed by atoms with Crippen LogP contribution in [0.5, 0.6) is 0 Å². The van der Waals surface area contributed by atoms with Crippen molar-refractivity contribution in [3.05, 3.63) is 0 Å². The standard InChI is InChI=1S/C16H35N3O/c1-5-14(6-2)15(19(3)4)13-18-16(20)11-9-7-8-10-12-17/h14-15H,5-13,17H2,1-4H3,(H,18,20). The van der Waals surface area contributed by atoms with Crippen molar-refractivity contribution in [1.82, 2.24) is 10.2 Å². The minimum Gasteiger partial charge on any atom is -0.355 e. The zero-order valence-electron chi connectivity index (χ0n) is 14.0. The number of amides is 1. The van der Waals surface area contributed by atoms with Gasteiger partial charge in [-0.05, 0) is 39.4 Å². The van der Waals surface area contributed by atoms with Crippen LogP contribution in [0.1, 0.15) is 58.8 Å². The SMILES string of the molecule is CCC(CC)C(CNC(=O)CCCCCCN)N(C)C. The van der Waals surface area contributed by atoms with E-state index in [-0.39, 0.29) is 5.91 Å². The molecule has 0 heterocycles. The summed E-state index contributed by atoms with van der Waals surface area (Å²) in [6, 6.07) is 0.436. The molecule has 0 saturated heterocycles. The first-order chi connectivity index (χ1) is 9.56. The van der Waals surface area contributed by atoms with Crippen LogP contribution < -0.4 is 11.1 Å². The van der Waals surface area contributed by atoms with Gasteiger partial charge in [-0.2, -0.15) is 0 Å². The van der Waals surface area contributed by atoms with E-state index in [4.69, 9.17) is 5.73 Å². The van der Waals surface area contributed by atoms with Gasteiger partial charge in [0.15, 0.2) is 0 Å². The minimum atomic E-state index is 0.190. The molecule has 4 nitrogen and oxygen atoms in total. The molecule has 1 unspecified atom stereocenters. The Hall–Kier alpha value is -0.610. The van der Waals surface area contributed by atoms with Crippen molar-refractivity contribution in [2.24, 2.45) is 11.7 Å². The van der Waals surface area contributed by atoms with E-state index in [2.05, 4.69) is 38.2 Å². The second-order valence-corrected chi connectivity index (χ2v) is 5.86. The summed E-state index contributed by atoms with van der Waals surface area (Å²) in [7, 11) is 4.20. The van der Waals surface area contributed by atoms with E-state index in [0.717, 1.165) is 51.6 Å². The van der Waals surface area contributed by atoms with E-state index in [1.54, 1.807) is 0 Å². The second-order valence-electron chi connectivity index (χ2n) is 5.86. The Labute approximate surface area is 125 Å². The number of hydrogen-bond acceptors (Lipinski definition) is 3. The van der Waals surface area contributed by atoms with Gasteiger partial charge in [-0.15, -0.1) is 0 Å². The third-order valence-corrected chi connectivity index (χ3v) is 4.12. The molecule has 120 valence electrons. The first-order valence-electron chi connectivity index (χ1n) is 8.19. The van der Waals surface area contributed by atoms with Crippen LogP contribution in [-0.2, 0) is 4.79 Å². The first-order valence-corrected chi connectivity index (χ1v) is 8.19. The predicted molar refractivity (Wildman–Crippen MR) is 86.7 cm³/mol. The molecule has 0 aliphatic carbocycles. The van der Waals surface area contributed by atoms with Crippen molar-refractivity contribution in [3.63, 3.8) is 0 Å². The Kier molecular flexibility index (Phi) is 11.8. The lowest BCUT2D eigenvalue weighted by atomic mass is 9.93. The van der Waals surface area contributed by atoms with Crippen LogP contribution in [0.15, 0.2) is 0 Å². The highest BCUT2D eigenvalue weighted by Gasteiger charge is 2.20. The number of nitrogens with zero attached hydrogens (tertiary/aromatic N) is 1. The van der Waals surface area contributed by atoms with Crippen LogP contribution in [0, 0.1) is 5.92 Å². The molecule has 4 heteroatoms. The van der Waals surface area contributed by atoms with Gasteiger partial charge in [-0.25, -0.2) is 0 Å². The molecule has 20 heavy (non-hydrogen) atoms. The predicted octanol–water partition coefficient (Wildman–Crippen LogP) is 2.38. The number of rotatable bonds is 12. The average molecular weight is 285 g/mol. The van der Waals surface area contributed by atoms with Gasteiger partial charge >= 0.3 is 0 Å². The van der Waals surface area contributed by atoms with E-state index < -0.39 is 0 Å². The first kappa shape index (κ1) is 19.4. The van der Waals surface area contributed by atoms with Crippen molar-refractivity contribution < 1.29 is 4.79 Å². The maximum absolute atomic E-state index is 11.8. The molecule has 0 aromatic heterocycles. The maximum atomic E-state index is 11.8. The van der Waals surface area contributed by atoms with E-state index in [0.29, 0.717) is 18.4 Å². The topological polar surface area (TPSA) is 58.4 Å². The van der Waals surface area contributed by atoms with Gasteiger partial charge in [0.05, 0.1) is 0 Å². The summed E-state index contributed by atoms with van der Waals surface area (Å²) < 4.78 is 0. The fourth-order valence-electron chi connectivity index (χ4n) is 2.69. The third kappa shape index (κ3) is 8.54. The van der Waals surface area contributed by atoms with Gasteiger partial charge in [0, 0.05) is 19.0 Å². The largest absolute Gasteiger partial charge is 0.355 e. The van der Waals surface area contributed by atoms with Crippen LogP contribution >= 0.6 is 0 Å². The number of carbonyl (C=O) groups is 1. The Morgan fingerprint density at radius 1 is 1.10 bits per heavy atom. The molecule has 0 spiro atoms. The molecule has 0 aromatic rings. The Morgan fingerprint density at radius 2 is 1.70 bits per heavy atom. The summed E-state index contributed by atoms with van der Waals surface area (Å²) in [6.45, 7) is 5.97. The Balaban J connectivity index is 3.93. The minimum absolute atomic E-state index is 0.190. The zero-order valence-corrected chi connectivity index (χ0v) is 14.0. The molecule has 0 aromatic carbocycles. The molecular weight excluding hydrogens is 250 g/mol. The highest BCUT2D eigenvalue weighted by atomic mass is 16.1. The van der Waals surface area contributed by atoms with E-state index in [9.17, 15) is 4.79 Å². The fraction of sp³-hybridized carbons (Fsp3) is 0.938. The lowest BCUT2D eigenvalue weighted by molar-refractivity contribution is -0.121. The van der Waals surface area contributed by atoms with Crippen molar-refractivity contribution in [1.29, 1.82) is 0 Å². The molecule has 0 bridgehead atoms. The molecule has 0 aliphatic heterocycles. The number of nitrogens with two attached hydrogens (primary N) is 1. The van der Waals surface area contributed by atoms with Crippen LogP contribution in [0.25, 0.3) is 0 Å². The summed E-state index contributed by atoms with van der Waals surface area (Å²) in [5, 5.41) is 3.10. The van der Waals surface area contributed by atoms with E-state index >= 15 is 0 Å². The number of nitrogens with one attached hydrogen (secondary N) is 1. The van der Waals surface area contributed by atoms with Crippen molar-refractivity contribution in [3.8, 4) is 0 Å². The van der Waals surface area contributed by atoms with Gasteiger partial charge in [-0.1, -0.05) is 39.5 Å². The normalized spacial score (nSPS) is 12.9. The van der Waals surface area contributed by atoms with Crippen LogP contribution in [-0.4, -0.2) is 44.0 Å². The van der Waals surface area contributed by atoms with Gasteiger partial charge in [0.1, 0.15) is 0 Å². The van der Waals surface area contributed by atoms with Gasteiger partial charge in [0.25, 0.3) is 0 Å². The zero-order chi connectivity index (χ0) is 15.4. The lowest BCUT2D eigenvalue weighted by Crippen LogP contribution is -2.44. The second kappa shape index (κ2) is 12.2. The maximum Gasteiger partial charge on any atom is 0.220 e. The smallest absolute Gasteiger partial charge is 0.220 e. The van der Waals surface area contributed by atoms with Crippen LogP contribution in [0.2, 0.25) is 0 Å². The molecule has 1 atom stereocenters. The highest BCUT2D eigenvalue weighted by Crippen LogP contribution is 2.16. The molecule has 0 saturated carbocycles. The summed E-state index contributed by atoms with van der Waals surface area (Å²) in [5.41, 5.74) is 5.45. The van der Waals surface area contributed by atoms with Gasteiger partial charge in [-0.3, -0.25) is 4.79 Å². The molecule has 0 fully saturated rings. The molecule has 3 N–H and O–H groups in total. The molecule has 1 amide bonds. The lowest BCUT2D eigenvalue weighted by Gasteiger charge is -2.31.